The topological polar surface area (TPSA) is 37.3 Å². The Bertz CT molecular complexity index is 439. The maximum absolute atomic E-state index is 11.1. The lowest BCUT2D eigenvalue weighted by Gasteiger charge is -2.25. The second kappa shape index (κ2) is 6.11. The van der Waals surface area contributed by atoms with Crippen molar-refractivity contribution in [1.29, 1.82) is 0 Å². The van der Waals surface area contributed by atoms with E-state index in [1.807, 2.05) is 23.9 Å². The predicted octanol–water partition coefficient (Wildman–Crippen LogP) is 4.82. The van der Waals surface area contributed by atoms with Crippen LogP contribution in [0.15, 0.2) is 27.6 Å². The molecular weight excluding hydrogens is 312 g/mol. The van der Waals surface area contributed by atoms with Crippen LogP contribution < -0.4 is 0 Å². The Hall–Kier alpha value is -0.480. The third-order valence-corrected chi connectivity index (χ3v) is 5.46. The van der Waals surface area contributed by atoms with Crippen molar-refractivity contribution >= 4 is 33.7 Å². The largest absolute Gasteiger partial charge is 0.478 e. The van der Waals surface area contributed by atoms with Gasteiger partial charge in [-0.3, -0.25) is 0 Å². The maximum atomic E-state index is 11.1. The van der Waals surface area contributed by atoms with E-state index in [0.29, 0.717) is 15.3 Å². The number of hydrogen-bond acceptors (Lipinski definition) is 2. The van der Waals surface area contributed by atoms with Gasteiger partial charge in [-0.05, 0) is 65.7 Å². The molecule has 1 fully saturated rings. The molecule has 1 aromatic rings. The number of benzene rings is 1. The minimum atomic E-state index is -0.874. The van der Waals surface area contributed by atoms with Crippen molar-refractivity contribution in [1.82, 2.24) is 0 Å². The Kier molecular flexibility index (Phi) is 4.73. The monoisotopic (exact) mass is 328 g/mol. The van der Waals surface area contributed by atoms with Crippen molar-refractivity contribution < 1.29 is 9.90 Å². The number of halogens is 1. The molecule has 1 aromatic carbocycles. The van der Waals surface area contributed by atoms with Crippen molar-refractivity contribution in [2.45, 2.75) is 42.8 Å². The van der Waals surface area contributed by atoms with E-state index in [2.05, 4.69) is 22.9 Å². The molecule has 0 aromatic heterocycles. The molecule has 98 valence electrons. The normalized spacial score (nSPS) is 23.9. The van der Waals surface area contributed by atoms with Crippen molar-refractivity contribution in [2.75, 3.05) is 0 Å². The standard InChI is InChI=1S/C14H17BrO2S/c1-9-2-4-10(5-3-9)18-11-6-7-13(15)12(8-11)14(16)17/h6-10H,2-5H2,1H3,(H,16,17). The lowest BCUT2D eigenvalue weighted by molar-refractivity contribution is 0.0695. The summed E-state index contributed by atoms with van der Waals surface area (Å²) in [6.07, 6.45) is 5.06. The second-order valence-electron chi connectivity index (χ2n) is 4.95. The third-order valence-electron chi connectivity index (χ3n) is 3.43. The highest BCUT2D eigenvalue weighted by atomic mass is 79.9. The Morgan fingerprint density at radius 3 is 2.61 bits per heavy atom. The average molecular weight is 329 g/mol. The molecule has 1 aliphatic carbocycles. The summed E-state index contributed by atoms with van der Waals surface area (Å²) in [5.41, 5.74) is 0.351. The summed E-state index contributed by atoms with van der Waals surface area (Å²) in [4.78, 5) is 12.1. The Morgan fingerprint density at radius 1 is 1.33 bits per heavy atom. The van der Waals surface area contributed by atoms with E-state index in [9.17, 15) is 4.79 Å². The highest BCUT2D eigenvalue weighted by Gasteiger charge is 2.19. The van der Waals surface area contributed by atoms with Gasteiger partial charge in [0.25, 0.3) is 0 Å². The van der Waals surface area contributed by atoms with Gasteiger partial charge in [-0.15, -0.1) is 11.8 Å². The van der Waals surface area contributed by atoms with E-state index in [1.54, 1.807) is 6.07 Å². The van der Waals surface area contributed by atoms with Crippen LogP contribution in [-0.4, -0.2) is 16.3 Å². The highest BCUT2D eigenvalue weighted by molar-refractivity contribution is 9.10. The van der Waals surface area contributed by atoms with Crippen molar-refractivity contribution in [3.05, 3.63) is 28.2 Å². The van der Waals surface area contributed by atoms with E-state index >= 15 is 0 Å². The van der Waals surface area contributed by atoms with Crippen LogP contribution in [0.3, 0.4) is 0 Å². The fraction of sp³-hybridized carbons (Fsp3) is 0.500. The molecule has 0 unspecified atom stereocenters. The molecule has 0 radical (unpaired) electrons. The van der Waals surface area contributed by atoms with E-state index in [1.165, 1.54) is 25.7 Å². The van der Waals surface area contributed by atoms with Gasteiger partial charge < -0.3 is 5.11 Å². The zero-order chi connectivity index (χ0) is 13.1. The van der Waals surface area contributed by atoms with Crippen LogP contribution >= 0.6 is 27.7 Å². The smallest absolute Gasteiger partial charge is 0.336 e. The van der Waals surface area contributed by atoms with Crippen LogP contribution in [-0.2, 0) is 0 Å². The zero-order valence-corrected chi connectivity index (χ0v) is 12.8. The summed E-state index contributed by atoms with van der Waals surface area (Å²) < 4.78 is 0.650. The predicted molar refractivity (Wildman–Crippen MR) is 78.4 cm³/mol. The minimum absolute atomic E-state index is 0.351. The van der Waals surface area contributed by atoms with Gasteiger partial charge in [0.1, 0.15) is 0 Å². The summed E-state index contributed by atoms with van der Waals surface area (Å²) in [7, 11) is 0. The number of carbonyl (C=O) groups is 1. The van der Waals surface area contributed by atoms with E-state index in [0.717, 1.165) is 10.8 Å². The first kappa shape index (κ1) is 13.9. The van der Waals surface area contributed by atoms with Crippen LogP contribution in [0.5, 0.6) is 0 Å². The van der Waals surface area contributed by atoms with Crippen molar-refractivity contribution in [2.24, 2.45) is 5.92 Å². The second-order valence-corrected chi connectivity index (χ2v) is 7.17. The molecule has 4 heteroatoms. The summed E-state index contributed by atoms with van der Waals surface area (Å²) in [6, 6.07) is 5.60. The molecule has 0 amide bonds. The molecule has 2 nitrogen and oxygen atoms in total. The van der Waals surface area contributed by atoms with Crippen LogP contribution in [0.1, 0.15) is 43.0 Å². The van der Waals surface area contributed by atoms with Gasteiger partial charge in [0, 0.05) is 14.6 Å². The molecule has 0 spiro atoms. The molecule has 0 saturated heterocycles. The summed E-state index contributed by atoms with van der Waals surface area (Å²) >= 11 is 5.10. The fourth-order valence-electron chi connectivity index (χ4n) is 2.28. The van der Waals surface area contributed by atoms with Crippen molar-refractivity contribution in [3.63, 3.8) is 0 Å². The molecule has 0 aliphatic heterocycles. The molecule has 1 N–H and O–H groups in total. The highest BCUT2D eigenvalue weighted by Crippen LogP contribution is 2.36. The lowest BCUT2D eigenvalue weighted by Crippen LogP contribution is -2.13. The molecule has 2 rings (SSSR count). The number of hydrogen-bond donors (Lipinski definition) is 1. The van der Waals surface area contributed by atoms with Gasteiger partial charge in [-0.1, -0.05) is 6.92 Å². The summed E-state index contributed by atoms with van der Waals surface area (Å²) in [6.45, 7) is 2.31. The molecular formula is C14H17BrO2S. The SMILES string of the molecule is CC1CCC(Sc2ccc(Br)c(C(=O)O)c2)CC1. The first-order valence-electron chi connectivity index (χ1n) is 6.25. The Balaban J connectivity index is 2.05. The first-order chi connectivity index (χ1) is 8.56. The number of carboxylic acids is 1. The van der Waals surface area contributed by atoms with Gasteiger partial charge >= 0.3 is 5.97 Å². The zero-order valence-electron chi connectivity index (χ0n) is 10.4. The van der Waals surface area contributed by atoms with Crippen molar-refractivity contribution in [3.8, 4) is 0 Å². The van der Waals surface area contributed by atoms with Gasteiger partial charge in [-0.2, -0.15) is 0 Å². The molecule has 18 heavy (non-hydrogen) atoms. The minimum Gasteiger partial charge on any atom is -0.478 e. The Morgan fingerprint density at radius 2 is 2.00 bits per heavy atom. The quantitative estimate of drug-likeness (QED) is 0.864. The van der Waals surface area contributed by atoms with E-state index < -0.39 is 5.97 Å². The summed E-state index contributed by atoms with van der Waals surface area (Å²) in [5.74, 6) is -0.0251. The number of aromatic carboxylic acids is 1. The van der Waals surface area contributed by atoms with Crippen LogP contribution in [0.2, 0.25) is 0 Å². The molecule has 1 aliphatic rings. The summed E-state index contributed by atoms with van der Waals surface area (Å²) in [5, 5.41) is 9.73. The molecule has 0 atom stereocenters. The maximum Gasteiger partial charge on any atom is 0.336 e. The third kappa shape index (κ3) is 3.51. The number of carboxylic acid groups (broad SMARTS) is 1. The average Bonchev–Trinajstić information content (AvgIpc) is 2.34. The first-order valence-corrected chi connectivity index (χ1v) is 7.93. The molecule has 0 heterocycles. The van der Waals surface area contributed by atoms with Gasteiger partial charge in [-0.25, -0.2) is 4.79 Å². The van der Waals surface area contributed by atoms with E-state index in [-0.39, 0.29) is 0 Å². The molecule has 1 saturated carbocycles. The van der Waals surface area contributed by atoms with E-state index in [4.69, 9.17) is 5.11 Å². The van der Waals surface area contributed by atoms with Crippen LogP contribution in [0.25, 0.3) is 0 Å². The van der Waals surface area contributed by atoms with Gasteiger partial charge in [0.05, 0.1) is 5.56 Å². The number of thioether (sulfide) groups is 1. The number of rotatable bonds is 3. The molecule has 0 bridgehead atoms. The van der Waals surface area contributed by atoms with Gasteiger partial charge in [0.15, 0.2) is 0 Å². The van der Waals surface area contributed by atoms with Crippen LogP contribution in [0.4, 0.5) is 0 Å². The Labute approximate surface area is 120 Å². The van der Waals surface area contributed by atoms with Crippen LogP contribution in [0, 0.1) is 5.92 Å². The van der Waals surface area contributed by atoms with Gasteiger partial charge in [0.2, 0.25) is 0 Å². The lowest BCUT2D eigenvalue weighted by atomic mass is 9.91. The fourth-order valence-corrected chi connectivity index (χ4v) is 3.92.